The van der Waals surface area contributed by atoms with Gasteiger partial charge in [-0.05, 0) is 62.8 Å². The van der Waals surface area contributed by atoms with Gasteiger partial charge < -0.3 is 9.42 Å². The molecule has 0 radical (unpaired) electrons. The summed E-state index contributed by atoms with van der Waals surface area (Å²) in [6.45, 7) is 5.69. The summed E-state index contributed by atoms with van der Waals surface area (Å²) in [5.41, 5.74) is 3.92. The van der Waals surface area contributed by atoms with Crippen molar-refractivity contribution in [3.63, 3.8) is 0 Å². The van der Waals surface area contributed by atoms with Gasteiger partial charge in [0.15, 0.2) is 5.82 Å². The van der Waals surface area contributed by atoms with Gasteiger partial charge in [0.1, 0.15) is 0 Å². The predicted octanol–water partition coefficient (Wildman–Crippen LogP) is 4.23. The van der Waals surface area contributed by atoms with Crippen LogP contribution in [0.25, 0.3) is 11.5 Å². The summed E-state index contributed by atoms with van der Waals surface area (Å²) in [4.78, 5) is 23.5. The number of likely N-dealkylation sites (tertiary alicyclic amines) is 1. The largest absolute Gasteiger partial charge is 0.338 e. The van der Waals surface area contributed by atoms with Crippen LogP contribution < -0.4 is 0 Å². The van der Waals surface area contributed by atoms with Crippen LogP contribution in [-0.4, -0.2) is 39.0 Å². The molecule has 2 aromatic heterocycles. The van der Waals surface area contributed by atoms with E-state index in [4.69, 9.17) is 4.52 Å². The molecule has 3 aromatic rings. The van der Waals surface area contributed by atoms with Crippen LogP contribution in [0.15, 0.2) is 47.2 Å². The first-order chi connectivity index (χ1) is 14.1. The van der Waals surface area contributed by atoms with Gasteiger partial charge in [-0.25, -0.2) is 0 Å². The lowest BCUT2D eigenvalue weighted by atomic mass is 9.92. The van der Waals surface area contributed by atoms with E-state index in [2.05, 4.69) is 28.1 Å². The number of aryl methyl sites for hydroxylation is 3. The molecule has 1 unspecified atom stereocenters. The zero-order chi connectivity index (χ0) is 20.2. The smallest absolute Gasteiger partial charge is 0.258 e. The molecule has 1 saturated heterocycles. The van der Waals surface area contributed by atoms with Crippen LogP contribution in [0.3, 0.4) is 0 Å². The Bertz CT molecular complexity index is 984. The summed E-state index contributed by atoms with van der Waals surface area (Å²) in [7, 11) is 0. The second kappa shape index (κ2) is 8.55. The predicted molar refractivity (Wildman–Crippen MR) is 110 cm³/mol. The first-order valence-corrected chi connectivity index (χ1v) is 10.2. The van der Waals surface area contributed by atoms with E-state index in [0.29, 0.717) is 11.8 Å². The van der Waals surface area contributed by atoms with Crippen molar-refractivity contribution in [1.29, 1.82) is 0 Å². The maximum absolute atomic E-state index is 13.0. The van der Waals surface area contributed by atoms with Gasteiger partial charge in [-0.2, -0.15) is 4.98 Å². The quantitative estimate of drug-likeness (QED) is 0.652. The van der Waals surface area contributed by atoms with Crippen LogP contribution in [0, 0.1) is 19.8 Å². The van der Waals surface area contributed by atoms with E-state index >= 15 is 0 Å². The summed E-state index contributed by atoms with van der Waals surface area (Å²) in [6, 6.07) is 9.75. The standard InChI is InChI=1S/C23H26N4O2/c1-16-5-7-20(17(2)14-16)23(28)27-13-3-4-18(15-27)6-8-21-25-22(29-26-21)19-9-11-24-12-10-19/h5,7,9-12,14,18H,3-4,6,8,13,15H2,1-2H3. The lowest BCUT2D eigenvalue weighted by molar-refractivity contribution is 0.0667. The minimum atomic E-state index is 0.145. The number of pyridine rings is 1. The number of benzene rings is 1. The number of rotatable bonds is 5. The van der Waals surface area contributed by atoms with Gasteiger partial charge in [0.05, 0.1) is 0 Å². The van der Waals surface area contributed by atoms with Gasteiger partial charge >= 0.3 is 0 Å². The lowest BCUT2D eigenvalue weighted by Gasteiger charge is -2.33. The fourth-order valence-corrected chi connectivity index (χ4v) is 4.01. The molecule has 150 valence electrons. The Morgan fingerprint density at radius 3 is 2.83 bits per heavy atom. The highest BCUT2D eigenvalue weighted by molar-refractivity contribution is 5.95. The Kier molecular flexibility index (Phi) is 5.69. The van der Waals surface area contributed by atoms with Gasteiger partial charge in [0.2, 0.25) is 0 Å². The fourth-order valence-electron chi connectivity index (χ4n) is 4.01. The van der Waals surface area contributed by atoms with Gasteiger partial charge in [-0.1, -0.05) is 22.9 Å². The van der Waals surface area contributed by atoms with Crippen LogP contribution in [0.1, 0.15) is 46.6 Å². The van der Waals surface area contributed by atoms with E-state index in [-0.39, 0.29) is 5.91 Å². The number of hydrogen-bond donors (Lipinski definition) is 0. The first kappa shape index (κ1) is 19.3. The van der Waals surface area contributed by atoms with E-state index in [1.54, 1.807) is 12.4 Å². The molecule has 4 rings (SSSR count). The molecule has 0 bridgehead atoms. The Balaban J connectivity index is 1.36. The summed E-state index contributed by atoms with van der Waals surface area (Å²) in [6.07, 6.45) is 7.30. The molecule has 1 amide bonds. The molecule has 3 heterocycles. The molecule has 0 spiro atoms. The molecule has 1 aliphatic rings. The van der Waals surface area contributed by atoms with Crippen molar-refractivity contribution in [1.82, 2.24) is 20.0 Å². The molecular weight excluding hydrogens is 364 g/mol. The first-order valence-electron chi connectivity index (χ1n) is 10.2. The van der Waals surface area contributed by atoms with Gasteiger partial charge in [0, 0.05) is 43.0 Å². The number of carbonyl (C=O) groups excluding carboxylic acids is 1. The summed E-state index contributed by atoms with van der Waals surface area (Å²) < 4.78 is 5.38. The van der Waals surface area contributed by atoms with Crippen molar-refractivity contribution < 1.29 is 9.32 Å². The van der Waals surface area contributed by atoms with Crippen molar-refractivity contribution >= 4 is 5.91 Å². The Labute approximate surface area is 171 Å². The van der Waals surface area contributed by atoms with E-state index in [9.17, 15) is 4.79 Å². The summed E-state index contributed by atoms with van der Waals surface area (Å²) in [5.74, 6) is 1.85. The normalized spacial score (nSPS) is 16.8. The van der Waals surface area contributed by atoms with Gasteiger partial charge in [0.25, 0.3) is 11.8 Å². The highest BCUT2D eigenvalue weighted by atomic mass is 16.5. The van der Waals surface area contributed by atoms with Crippen molar-refractivity contribution in [3.05, 3.63) is 65.2 Å². The van der Waals surface area contributed by atoms with E-state index in [1.165, 1.54) is 5.56 Å². The average molecular weight is 390 g/mol. The van der Waals surface area contributed by atoms with Gasteiger partial charge in [-0.15, -0.1) is 0 Å². The van der Waals surface area contributed by atoms with Crippen LogP contribution in [0.4, 0.5) is 0 Å². The van der Waals surface area contributed by atoms with E-state index in [1.807, 2.05) is 36.1 Å². The third-order valence-corrected chi connectivity index (χ3v) is 5.59. The second-order valence-electron chi connectivity index (χ2n) is 7.87. The Hall–Kier alpha value is -3.02. The molecule has 1 atom stereocenters. The number of carbonyl (C=O) groups is 1. The maximum Gasteiger partial charge on any atom is 0.258 e. The molecule has 0 N–H and O–H groups in total. The molecule has 29 heavy (non-hydrogen) atoms. The fraction of sp³-hybridized carbons (Fsp3) is 0.391. The highest BCUT2D eigenvalue weighted by Crippen LogP contribution is 2.24. The van der Waals surface area contributed by atoms with Crippen molar-refractivity contribution in [2.45, 2.75) is 39.5 Å². The number of nitrogens with zero attached hydrogens (tertiary/aromatic N) is 4. The Morgan fingerprint density at radius 1 is 1.21 bits per heavy atom. The zero-order valence-electron chi connectivity index (χ0n) is 17.0. The summed E-state index contributed by atoms with van der Waals surface area (Å²) in [5, 5.41) is 4.11. The number of hydrogen-bond acceptors (Lipinski definition) is 5. The molecule has 1 aliphatic heterocycles. The average Bonchev–Trinajstić information content (AvgIpc) is 3.22. The number of amides is 1. The molecule has 0 saturated carbocycles. The second-order valence-corrected chi connectivity index (χ2v) is 7.87. The Morgan fingerprint density at radius 2 is 2.03 bits per heavy atom. The lowest BCUT2D eigenvalue weighted by Crippen LogP contribution is -2.40. The SMILES string of the molecule is Cc1ccc(C(=O)N2CCCC(CCc3noc(-c4ccncc4)n3)C2)c(C)c1. The van der Waals surface area contributed by atoms with Crippen molar-refractivity contribution in [3.8, 4) is 11.5 Å². The highest BCUT2D eigenvalue weighted by Gasteiger charge is 2.25. The minimum absolute atomic E-state index is 0.145. The van der Waals surface area contributed by atoms with Crippen molar-refractivity contribution in [2.75, 3.05) is 13.1 Å². The third kappa shape index (κ3) is 4.53. The molecule has 6 nitrogen and oxygen atoms in total. The van der Waals surface area contributed by atoms with Crippen LogP contribution in [-0.2, 0) is 6.42 Å². The number of piperidine rings is 1. The molecule has 1 aromatic carbocycles. The van der Waals surface area contributed by atoms with Crippen molar-refractivity contribution in [2.24, 2.45) is 5.92 Å². The number of aromatic nitrogens is 3. The van der Waals surface area contributed by atoms with E-state index in [0.717, 1.165) is 61.3 Å². The van der Waals surface area contributed by atoms with Gasteiger partial charge in [-0.3, -0.25) is 9.78 Å². The zero-order valence-corrected chi connectivity index (χ0v) is 17.0. The van der Waals surface area contributed by atoms with Crippen LogP contribution >= 0.6 is 0 Å². The summed E-state index contributed by atoms with van der Waals surface area (Å²) >= 11 is 0. The molecule has 1 fully saturated rings. The molecule has 6 heteroatoms. The van der Waals surface area contributed by atoms with Crippen LogP contribution in [0.2, 0.25) is 0 Å². The monoisotopic (exact) mass is 390 g/mol. The minimum Gasteiger partial charge on any atom is -0.338 e. The maximum atomic E-state index is 13.0. The van der Waals surface area contributed by atoms with Crippen LogP contribution in [0.5, 0.6) is 0 Å². The molecular formula is C23H26N4O2. The van der Waals surface area contributed by atoms with E-state index < -0.39 is 0 Å². The molecule has 0 aliphatic carbocycles. The third-order valence-electron chi connectivity index (χ3n) is 5.59. The topological polar surface area (TPSA) is 72.1 Å².